The number of para-hydroxylation sites is 1. The molecule has 0 radical (unpaired) electrons. The predicted octanol–water partition coefficient (Wildman–Crippen LogP) is 4.95. The molecule has 0 spiro atoms. The lowest BCUT2D eigenvalue weighted by atomic mass is 9.95. The zero-order chi connectivity index (χ0) is 21.4. The van der Waals surface area contributed by atoms with Gasteiger partial charge in [-0.1, -0.05) is 12.1 Å². The van der Waals surface area contributed by atoms with Crippen LogP contribution in [0.15, 0.2) is 71.8 Å². The molecule has 0 N–H and O–H groups in total. The van der Waals surface area contributed by atoms with Gasteiger partial charge >= 0.3 is 0 Å². The van der Waals surface area contributed by atoms with Crippen molar-refractivity contribution in [3.8, 4) is 23.0 Å². The summed E-state index contributed by atoms with van der Waals surface area (Å²) in [4.78, 5) is 0. The lowest BCUT2D eigenvalue weighted by molar-refractivity contribution is -0.0209. The van der Waals surface area contributed by atoms with Gasteiger partial charge < -0.3 is 18.9 Å². The zero-order valence-electron chi connectivity index (χ0n) is 17.7. The van der Waals surface area contributed by atoms with Crippen LogP contribution < -0.4 is 18.9 Å². The Balaban J connectivity index is 1.57. The van der Waals surface area contributed by atoms with Gasteiger partial charge in [-0.2, -0.15) is 5.10 Å². The Morgan fingerprint density at radius 1 is 0.839 bits per heavy atom. The Morgan fingerprint density at radius 3 is 2.16 bits per heavy atom. The van der Waals surface area contributed by atoms with Gasteiger partial charge in [0.25, 0.3) is 0 Å². The fraction of sp³-hybridized carbons (Fsp3) is 0.240. The fourth-order valence-electron chi connectivity index (χ4n) is 4.19. The van der Waals surface area contributed by atoms with Crippen LogP contribution >= 0.6 is 0 Å². The van der Waals surface area contributed by atoms with E-state index in [4.69, 9.17) is 24.0 Å². The van der Waals surface area contributed by atoms with E-state index in [0.717, 1.165) is 51.8 Å². The summed E-state index contributed by atoms with van der Waals surface area (Å²) in [6.07, 6.45) is 0.415. The van der Waals surface area contributed by atoms with Crippen molar-refractivity contribution >= 4 is 5.71 Å². The fourth-order valence-corrected chi connectivity index (χ4v) is 4.19. The first-order valence-corrected chi connectivity index (χ1v) is 10.2. The van der Waals surface area contributed by atoms with Gasteiger partial charge in [0.05, 0.1) is 33.1 Å². The number of hydrazone groups is 1. The number of rotatable bonds is 5. The molecular weight excluding hydrogens is 392 g/mol. The molecule has 0 saturated carbocycles. The summed E-state index contributed by atoms with van der Waals surface area (Å²) < 4.78 is 22.7. The molecule has 31 heavy (non-hydrogen) atoms. The van der Waals surface area contributed by atoms with Crippen LogP contribution in [0.1, 0.15) is 35.4 Å². The molecular formula is C25H24N2O4. The monoisotopic (exact) mass is 416 g/mol. The van der Waals surface area contributed by atoms with Crippen molar-refractivity contribution in [2.75, 3.05) is 21.3 Å². The number of nitrogens with zero attached hydrogens (tertiary/aromatic N) is 2. The molecule has 158 valence electrons. The highest BCUT2D eigenvalue weighted by Crippen LogP contribution is 2.50. The van der Waals surface area contributed by atoms with Gasteiger partial charge in [-0.25, -0.2) is 5.01 Å². The van der Waals surface area contributed by atoms with Gasteiger partial charge in [0.1, 0.15) is 11.5 Å². The van der Waals surface area contributed by atoms with Gasteiger partial charge in [0.2, 0.25) is 6.23 Å². The average Bonchev–Trinajstić information content (AvgIpc) is 3.29. The Morgan fingerprint density at radius 2 is 1.52 bits per heavy atom. The molecule has 5 rings (SSSR count). The lowest BCUT2D eigenvalue weighted by Crippen LogP contribution is -2.33. The van der Waals surface area contributed by atoms with Gasteiger partial charge in [-0.05, 0) is 60.2 Å². The minimum Gasteiger partial charge on any atom is -0.497 e. The number of fused-ring (bicyclic) bond motifs is 3. The molecule has 0 saturated heterocycles. The third-order valence-electron chi connectivity index (χ3n) is 5.82. The molecule has 0 fully saturated rings. The number of methoxy groups -OCH3 is 3. The number of benzene rings is 3. The van der Waals surface area contributed by atoms with E-state index in [-0.39, 0.29) is 12.3 Å². The molecule has 2 heterocycles. The topological polar surface area (TPSA) is 52.5 Å². The summed E-state index contributed by atoms with van der Waals surface area (Å²) in [7, 11) is 5.00. The van der Waals surface area contributed by atoms with Gasteiger partial charge in [0.15, 0.2) is 11.5 Å². The third-order valence-corrected chi connectivity index (χ3v) is 5.82. The van der Waals surface area contributed by atoms with Crippen molar-refractivity contribution in [2.24, 2.45) is 5.10 Å². The highest BCUT2D eigenvalue weighted by molar-refractivity contribution is 6.02. The summed E-state index contributed by atoms with van der Waals surface area (Å²) in [6.45, 7) is 0. The highest BCUT2D eigenvalue weighted by Gasteiger charge is 2.42. The van der Waals surface area contributed by atoms with E-state index in [1.54, 1.807) is 21.3 Å². The second-order valence-electron chi connectivity index (χ2n) is 7.50. The quantitative estimate of drug-likeness (QED) is 0.589. The Kier molecular flexibility index (Phi) is 4.90. The number of hydrogen-bond acceptors (Lipinski definition) is 6. The van der Waals surface area contributed by atoms with E-state index < -0.39 is 0 Å². The maximum atomic E-state index is 6.48. The van der Waals surface area contributed by atoms with Crippen LogP contribution in [0.2, 0.25) is 0 Å². The normalized spacial score (nSPS) is 19.1. The van der Waals surface area contributed by atoms with E-state index in [2.05, 4.69) is 11.1 Å². The molecule has 2 atom stereocenters. The van der Waals surface area contributed by atoms with E-state index >= 15 is 0 Å². The molecule has 6 heteroatoms. The van der Waals surface area contributed by atoms with Crippen LogP contribution in [0.4, 0.5) is 0 Å². The van der Waals surface area contributed by atoms with Crippen molar-refractivity contribution < 1.29 is 18.9 Å². The molecule has 3 aromatic carbocycles. The number of ether oxygens (including phenoxy) is 4. The Bertz CT molecular complexity index is 1110. The van der Waals surface area contributed by atoms with Crippen LogP contribution in [0, 0.1) is 0 Å². The second-order valence-corrected chi connectivity index (χ2v) is 7.50. The third kappa shape index (κ3) is 3.34. The van der Waals surface area contributed by atoms with Crippen LogP contribution in [-0.2, 0) is 0 Å². The molecule has 2 aliphatic heterocycles. The molecule has 0 aromatic heterocycles. The maximum absolute atomic E-state index is 6.48. The Hall–Kier alpha value is -3.67. The first-order valence-electron chi connectivity index (χ1n) is 10.2. The molecule has 0 bridgehead atoms. The maximum Gasteiger partial charge on any atom is 0.214 e. The molecule has 3 aromatic rings. The van der Waals surface area contributed by atoms with Crippen LogP contribution in [-0.4, -0.2) is 32.0 Å². The number of hydrogen-bond donors (Lipinski definition) is 0. The highest BCUT2D eigenvalue weighted by atomic mass is 16.5. The molecule has 0 amide bonds. The van der Waals surface area contributed by atoms with E-state index in [1.807, 2.05) is 60.7 Å². The van der Waals surface area contributed by atoms with Gasteiger partial charge in [-0.3, -0.25) is 0 Å². The summed E-state index contributed by atoms with van der Waals surface area (Å²) in [6, 6.07) is 22.0. The summed E-state index contributed by atoms with van der Waals surface area (Å²) in [5.41, 5.74) is 4.18. The smallest absolute Gasteiger partial charge is 0.214 e. The predicted molar refractivity (Wildman–Crippen MR) is 118 cm³/mol. The standard InChI is InChI=1S/C25H24N2O4/c1-28-18-11-7-16(8-12-18)21-15-22-20-5-4-6-23(30-3)24(20)31-25(27(22)26-21)17-9-13-19(29-2)14-10-17/h4-14,22,25H,15H2,1-3H3/t22-,25-/m0/s1. The van der Waals surface area contributed by atoms with Crippen LogP contribution in [0.5, 0.6) is 23.0 Å². The van der Waals surface area contributed by atoms with Gasteiger partial charge in [0, 0.05) is 17.5 Å². The van der Waals surface area contributed by atoms with Crippen molar-refractivity contribution in [3.05, 3.63) is 83.4 Å². The second kappa shape index (κ2) is 7.87. The lowest BCUT2D eigenvalue weighted by Gasteiger charge is -2.38. The van der Waals surface area contributed by atoms with E-state index in [9.17, 15) is 0 Å². The summed E-state index contributed by atoms with van der Waals surface area (Å²) in [5.74, 6) is 3.14. The van der Waals surface area contributed by atoms with Crippen molar-refractivity contribution in [1.29, 1.82) is 0 Å². The van der Waals surface area contributed by atoms with Crippen molar-refractivity contribution in [1.82, 2.24) is 5.01 Å². The minimum atomic E-state index is -0.365. The Labute approximate surface area is 181 Å². The molecule has 6 nitrogen and oxygen atoms in total. The minimum absolute atomic E-state index is 0.0584. The van der Waals surface area contributed by atoms with Crippen molar-refractivity contribution in [3.63, 3.8) is 0 Å². The van der Waals surface area contributed by atoms with Crippen LogP contribution in [0.3, 0.4) is 0 Å². The average molecular weight is 416 g/mol. The molecule has 0 aliphatic carbocycles. The summed E-state index contributed by atoms with van der Waals surface area (Å²) in [5, 5.41) is 7.06. The SMILES string of the molecule is COc1ccc(C2=NN3[C@@H](C2)c2cccc(OC)c2O[C@H]3c2ccc(OC)cc2)cc1. The molecule has 0 unspecified atom stereocenters. The largest absolute Gasteiger partial charge is 0.497 e. The van der Waals surface area contributed by atoms with Crippen LogP contribution in [0.25, 0.3) is 0 Å². The first-order chi connectivity index (χ1) is 15.2. The van der Waals surface area contributed by atoms with E-state index in [1.165, 1.54) is 0 Å². The molecule has 2 aliphatic rings. The van der Waals surface area contributed by atoms with Gasteiger partial charge in [-0.15, -0.1) is 0 Å². The summed E-state index contributed by atoms with van der Waals surface area (Å²) >= 11 is 0. The van der Waals surface area contributed by atoms with E-state index in [0.29, 0.717) is 0 Å². The zero-order valence-corrected chi connectivity index (χ0v) is 17.7. The van der Waals surface area contributed by atoms with Crippen molar-refractivity contribution in [2.45, 2.75) is 18.7 Å². The first kappa shape index (κ1) is 19.3.